The van der Waals surface area contributed by atoms with Gasteiger partial charge in [-0.1, -0.05) is 12.1 Å². The Morgan fingerprint density at radius 1 is 1.39 bits per heavy atom. The van der Waals surface area contributed by atoms with E-state index >= 15 is 0 Å². The Morgan fingerprint density at radius 3 is 3.04 bits per heavy atom. The van der Waals surface area contributed by atoms with Crippen LogP contribution in [0.2, 0.25) is 0 Å². The van der Waals surface area contributed by atoms with E-state index in [-0.39, 0.29) is 11.8 Å². The number of para-hydroxylation sites is 1. The molecule has 1 aromatic heterocycles. The van der Waals surface area contributed by atoms with E-state index in [0.717, 1.165) is 29.2 Å². The molecule has 0 saturated heterocycles. The van der Waals surface area contributed by atoms with E-state index in [2.05, 4.69) is 16.4 Å². The van der Waals surface area contributed by atoms with Gasteiger partial charge in [0.1, 0.15) is 0 Å². The number of hydrogen-bond donors (Lipinski definition) is 1. The van der Waals surface area contributed by atoms with E-state index in [1.54, 1.807) is 26.4 Å². The number of pyridine rings is 1. The van der Waals surface area contributed by atoms with Crippen LogP contribution >= 0.6 is 0 Å². The van der Waals surface area contributed by atoms with Gasteiger partial charge in [0, 0.05) is 19.2 Å². The smallest absolute Gasteiger partial charge is 0.252 e. The van der Waals surface area contributed by atoms with Gasteiger partial charge in [-0.2, -0.15) is 0 Å². The van der Waals surface area contributed by atoms with Gasteiger partial charge in [0.25, 0.3) is 5.91 Å². The van der Waals surface area contributed by atoms with Crippen molar-refractivity contribution in [2.24, 2.45) is 5.92 Å². The molecule has 5 nitrogen and oxygen atoms in total. The number of carbonyl (C=O) groups is 1. The number of benzene rings is 1. The molecular weight excluding hydrogens is 292 g/mol. The molecule has 1 atom stereocenters. The molecule has 120 valence electrons. The van der Waals surface area contributed by atoms with E-state index in [1.807, 2.05) is 18.2 Å². The topological polar surface area (TPSA) is 60.5 Å². The zero-order valence-corrected chi connectivity index (χ0v) is 13.3. The zero-order chi connectivity index (χ0) is 16.2. The normalized spacial score (nSPS) is 16.2. The first-order valence-electron chi connectivity index (χ1n) is 7.67. The average molecular weight is 312 g/mol. The molecule has 0 saturated carbocycles. The molecule has 1 N–H and O–H groups in total. The number of rotatable bonds is 4. The second kappa shape index (κ2) is 6.69. The monoisotopic (exact) mass is 312 g/mol. The predicted octanol–water partition coefficient (Wildman–Crippen LogP) is 2.24. The van der Waals surface area contributed by atoms with Crippen LogP contribution in [0.3, 0.4) is 0 Å². The number of ether oxygens (including phenoxy) is 2. The molecule has 2 aromatic rings. The minimum Gasteiger partial charge on any atom is -0.493 e. The first kappa shape index (κ1) is 15.3. The summed E-state index contributed by atoms with van der Waals surface area (Å²) in [6.45, 7) is 0.594. The zero-order valence-electron chi connectivity index (χ0n) is 13.3. The summed E-state index contributed by atoms with van der Waals surface area (Å²) >= 11 is 0. The van der Waals surface area contributed by atoms with Gasteiger partial charge in [0.15, 0.2) is 11.5 Å². The molecule has 1 aromatic carbocycles. The first-order valence-corrected chi connectivity index (χ1v) is 7.67. The maximum atomic E-state index is 12.0. The minimum absolute atomic E-state index is 0.105. The Labute approximate surface area is 135 Å². The van der Waals surface area contributed by atoms with Crippen molar-refractivity contribution in [1.82, 2.24) is 10.3 Å². The lowest BCUT2D eigenvalue weighted by Gasteiger charge is -2.26. The summed E-state index contributed by atoms with van der Waals surface area (Å²) < 4.78 is 11.2. The molecule has 1 amide bonds. The third kappa shape index (κ3) is 3.13. The van der Waals surface area contributed by atoms with Crippen LogP contribution in [0.15, 0.2) is 36.5 Å². The standard InChI is InChI=1S/C18H20N2O3/c1-19-18(21)14-6-4-8-20-15(14)10-12-9-13-5-3-7-16(22-2)17(13)23-11-12/h3-8,12H,9-11H2,1-2H3,(H,19,21). The molecule has 0 radical (unpaired) electrons. The van der Waals surface area contributed by atoms with E-state index in [9.17, 15) is 4.79 Å². The molecule has 2 heterocycles. The fraction of sp³-hybridized carbons (Fsp3) is 0.333. The molecule has 1 unspecified atom stereocenters. The highest BCUT2D eigenvalue weighted by Crippen LogP contribution is 2.36. The van der Waals surface area contributed by atoms with Crippen LogP contribution in [0, 0.1) is 5.92 Å². The van der Waals surface area contributed by atoms with Crippen LogP contribution in [0.4, 0.5) is 0 Å². The van der Waals surface area contributed by atoms with Crippen molar-refractivity contribution in [1.29, 1.82) is 0 Å². The summed E-state index contributed by atoms with van der Waals surface area (Å²) in [6, 6.07) is 9.53. The van der Waals surface area contributed by atoms with Crippen molar-refractivity contribution in [3.8, 4) is 11.5 Å². The third-order valence-electron chi connectivity index (χ3n) is 4.10. The number of aromatic nitrogens is 1. The number of nitrogens with one attached hydrogen (secondary N) is 1. The minimum atomic E-state index is -0.105. The molecule has 0 fully saturated rings. The Kier molecular flexibility index (Phi) is 4.46. The van der Waals surface area contributed by atoms with Crippen LogP contribution in [0.5, 0.6) is 11.5 Å². The summed E-state index contributed by atoms with van der Waals surface area (Å²) in [5.41, 5.74) is 2.58. The molecule has 23 heavy (non-hydrogen) atoms. The van der Waals surface area contributed by atoms with Gasteiger partial charge >= 0.3 is 0 Å². The lowest BCUT2D eigenvalue weighted by Crippen LogP contribution is -2.26. The molecule has 0 spiro atoms. The molecule has 5 heteroatoms. The molecule has 1 aliphatic heterocycles. The van der Waals surface area contributed by atoms with Crippen molar-refractivity contribution in [3.63, 3.8) is 0 Å². The predicted molar refractivity (Wildman–Crippen MR) is 87.0 cm³/mol. The summed E-state index contributed by atoms with van der Waals surface area (Å²) in [4.78, 5) is 16.3. The molecular formula is C18H20N2O3. The van der Waals surface area contributed by atoms with E-state index in [1.165, 1.54) is 0 Å². The maximum absolute atomic E-state index is 12.0. The lowest BCUT2D eigenvalue weighted by atomic mass is 9.91. The Bertz CT molecular complexity index is 715. The Balaban J connectivity index is 1.79. The maximum Gasteiger partial charge on any atom is 0.252 e. The molecule has 3 rings (SSSR count). The van der Waals surface area contributed by atoms with Crippen molar-refractivity contribution < 1.29 is 14.3 Å². The van der Waals surface area contributed by atoms with E-state index < -0.39 is 0 Å². The molecule has 0 aliphatic carbocycles. The summed E-state index contributed by atoms with van der Waals surface area (Å²) in [5, 5.41) is 2.66. The lowest BCUT2D eigenvalue weighted by molar-refractivity contribution is 0.0961. The third-order valence-corrected chi connectivity index (χ3v) is 4.10. The number of methoxy groups -OCH3 is 1. The van der Waals surface area contributed by atoms with Gasteiger partial charge in [-0.3, -0.25) is 9.78 Å². The van der Waals surface area contributed by atoms with Crippen LogP contribution in [-0.4, -0.2) is 31.7 Å². The highest BCUT2D eigenvalue weighted by molar-refractivity contribution is 5.95. The average Bonchev–Trinajstić information content (AvgIpc) is 2.60. The molecule has 0 bridgehead atoms. The summed E-state index contributed by atoms with van der Waals surface area (Å²) in [7, 11) is 3.28. The van der Waals surface area contributed by atoms with Gasteiger partial charge < -0.3 is 14.8 Å². The largest absolute Gasteiger partial charge is 0.493 e. The Morgan fingerprint density at radius 2 is 2.26 bits per heavy atom. The van der Waals surface area contributed by atoms with Crippen LogP contribution in [0.25, 0.3) is 0 Å². The van der Waals surface area contributed by atoms with Gasteiger partial charge in [0.05, 0.1) is 25.0 Å². The van der Waals surface area contributed by atoms with Crippen molar-refractivity contribution >= 4 is 5.91 Å². The fourth-order valence-electron chi connectivity index (χ4n) is 2.96. The first-order chi connectivity index (χ1) is 11.2. The van der Waals surface area contributed by atoms with Crippen molar-refractivity contribution in [2.75, 3.05) is 20.8 Å². The van der Waals surface area contributed by atoms with Crippen LogP contribution in [0.1, 0.15) is 21.6 Å². The van der Waals surface area contributed by atoms with Gasteiger partial charge in [-0.25, -0.2) is 0 Å². The van der Waals surface area contributed by atoms with Crippen molar-refractivity contribution in [2.45, 2.75) is 12.8 Å². The quantitative estimate of drug-likeness (QED) is 0.940. The van der Waals surface area contributed by atoms with E-state index in [4.69, 9.17) is 9.47 Å². The van der Waals surface area contributed by atoms with Gasteiger partial charge in [-0.05, 0) is 36.6 Å². The summed E-state index contributed by atoms with van der Waals surface area (Å²) in [6.07, 6.45) is 3.32. The molecule has 1 aliphatic rings. The number of nitrogens with zero attached hydrogens (tertiary/aromatic N) is 1. The van der Waals surface area contributed by atoms with Crippen LogP contribution in [-0.2, 0) is 12.8 Å². The number of amides is 1. The van der Waals surface area contributed by atoms with Gasteiger partial charge in [0.2, 0.25) is 0 Å². The second-order valence-corrected chi connectivity index (χ2v) is 5.61. The SMILES string of the molecule is CNC(=O)c1cccnc1CC1COc2c(cccc2OC)C1. The highest BCUT2D eigenvalue weighted by atomic mass is 16.5. The van der Waals surface area contributed by atoms with Crippen LogP contribution < -0.4 is 14.8 Å². The highest BCUT2D eigenvalue weighted by Gasteiger charge is 2.24. The van der Waals surface area contributed by atoms with Gasteiger partial charge in [-0.15, -0.1) is 0 Å². The summed E-state index contributed by atoms with van der Waals surface area (Å²) in [5.74, 6) is 1.78. The second-order valence-electron chi connectivity index (χ2n) is 5.61. The van der Waals surface area contributed by atoms with Crippen molar-refractivity contribution in [3.05, 3.63) is 53.3 Å². The Hall–Kier alpha value is -2.56. The number of hydrogen-bond acceptors (Lipinski definition) is 4. The fourth-order valence-corrected chi connectivity index (χ4v) is 2.96. The number of fused-ring (bicyclic) bond motifs is 1. The van der Waals surface area contributed by atoms with E-state index in [0.29, 0.717) is 18.6 Å². The number of carbonyl (C=O) groups excluding carboxylic acids is 1.